The van der Waals surface area contributed by atoms with Crippen molar-refractivity contribution in [2.75, 3.05) is 18.5 Å². The van der Waals surface area contributed by atoms with Gasteiger partial charge < -0.3 is 15.0 Å². The van der Waals surface area contributed by atoms with Crippen LogP contribution < -0.4 is 10.1 Å². The molecule has 0 spiro atoms. The van der Waals surface area contributed by atoms with E-state index in [1.54, 1.807) is 4.90 Å². The van der Waals surface area contributed by atoms with Crippen LogP contribution in [-0.4, -0.2) is 40.1 Å². The Hall–Kier alpha value is -3.61. The highest BCUT2D eigenvalue weighted by Gasteiger charge is 2.27. The summed E-state index contributed by atoms with van der Waals surface area (Å²) in [6.07, 6.45) is 0.289. The molecule has 2 heterocycles. The number of rotatable bonds is 6. The smallest absolute Gasteiger partial charge is 0.227 e. The second kappa shape index (κ2) is 8.18. The Balaban J connectivity index is 1.45. The average Bonchev–Trinajstić information content (AvgIpc) is 3.11. The number of carbonyl (C=O) groups excluding carboxylic acids is 2. The van der Waals surface area contributed by atoms with Gasteiger partial charge in [0.2, 0.25) is 11.8 Å². The second-order valence-corrected chi connectivity index (χ2v) is 6.94. The third-order valence-electron chi connectivity index (χ3n) is 4.81. The van der Waals surface area contributed by atoms with Gasteiger partial charge in [-0.05, 0) is 24.3 Å². The molecule has 0 fully saturated rings. The molecular formula is C22H22N4O3. The third-order valence-corrected chi connectivity index (χ3v) is 4.81. The van der Waals surface area contributed by atoms with E-state index in [-0.39, 0.29) is 18.2 Å². The van der Waals surface area contributed by atoms with Crippen LogP contribution in [0.15, 0.2) is 54.6 Å². The molecule has 1 aliphatic rings. The molecule has 0 radical (unpaired) electrons. The molecule has 7 nitrogen and oxygen atoms in total. The number of H-pyrrole nitrogens is 1. The summed E-state index contributed by atoms with van der Waals surface area (Å²) in [5.74, 6) is 0.713. The summed E-state index contributed by atoms with van der Waals surface area (Å²) in [4.78, 5) is 25.8. The normalized spacial score (nSPS) is 13.1. The fraction of sp³-hybridized carbons (Fsp3) is 0.227. The average molecular weight is 390 g/mol. The van der Waals surface area contributed by atoms with Gasteiger partial charge in [0.25, 0.3) is 0 Å². The van der Waals surface area contributed by atoms with Crippen molar-refractivity contribution in [2.24, 2.45) is 0 Å². The lowest BCUT2D eigenvalue weighted by molar-refractivity contribution is -0.132. The first-order valence-corrected chi connectivity index (χ1v) is 9.50. The van der Waals surface area contributed by atoms with Crippen LogP contribution in [0.2, 0.25) is 0 Å². The minimum absolute atomic E-state index is 0.0508. The van der Waals surface area contributed by atoms with Crippen molar-refractivity contribution in [1.82, 2.24) is 15.1 Å². The van der Waals surface area contributed by atoms with Crippen LogP contribution in [0, 0.1) is 0 Å². The molecule has 0 aliphatic carbocycles. The minimum atomic E-state index is -0.130. The fourth-order valence-corrected chi connectivity index (χ4v) is 3.44. The maximum absolute atomic E-state index is 12.7. The largest absolute Gasteiger partial charge is 0.492 e. The van der Waals surface area contributed by atoms with Crippen LogP contribution in [0.25, 0.3) is 11.3 Å². The topological polar surface area (TPSA) is 87.3 Å². The van der Waals surface area contributed by atoms with Crippen LogP contribution in [0.3, 0.4) is 0 Å². The maximum atomic E-state index is 12.7. The third kappa shape index (κ3) is 4.29. The zero-order valence-electron chi connectivity index (χ0n) is 16.1. The number of nitrogens with one attached hydrogen (secondary N) is 2. The number of para-hydroxylation sites is 1. The number of ether oxygens (including phenoxy) is 1. The zero-order valence-corrected chi connectivity index (χ0v) is 16.1. The van der Waals surface area contributed by atoms with E-state index in [4.69, 9.17) is 4.74 Å². The molecule has 0 atom stereocenters. The molecule has 7 heteroatoms. The molecule has 0 saturated heterocycles. The van der Waals surface area contributed by atoms with Gasteiger partial charge in [-0.2, -0.15) is 5.10 Å². The van der Waals surface area contributed by atoms with Crippen molar-refractivity contribution >= 4 is 17.5 Å². The van der Waals surface area contributed by atoms with Crippen LogP contribution >= 0.6 is 0 Å². The van der Waals surface area contributed by atoms with Crippen molar-refractivity contribution in [1.29, 1.82) is 0 Å². The zero-order chi connectivity index (χ0) is 20.2. The van der Waals surface area contributed by atoms with Crippen molar-refractivity contribution in [3.05, 3.63) is 65.9 Å². The molecule has 2 aromatic carbocycles. The summed E-state index contributed by atoms with van der Waals surface area (Å²) in [6, 6.07) is 17.0. The van der Waals surface area contributed by atoms with E-state index in [1.807, 2.05) is 54.6 Å². The first kappa shape index (κ1) is 18.7. The number of anilines is 1. The van der Waals surface area contributed by atoms with Crippen molar-refractivity contribution in [2.45, 2.75) is 19.9 Å². The Morgan fingerprint density at radius 2 is 2.03 bits per heavy atom. The molecule has 2 N–H and O–H groups in total. The first-order chi connectivity index (χ1) is 14.1. The molecule has 4 rings (SSSR count). The lowest BCUT2D eigenvalue weighted by Crippen LogP contribution is -2.38. The first-order valence-electron chi connectivity index (χ1n) is 9.50. The quantitative estimate of drug-likeness (QED) is 0.677. The van der Waals surface area contributed by atoms with Gasteiger partial charge in [-0.25, -0.2) is 0 Å². The van der Waals surface area contributed by atoms with E-state index in [2.05, 4.69) is 15.5 Å². The molecule has 0 saturated carbocycles. The number of nitrogens with zero attached hydrogens (tertiary/aromatic N) is 2. The Kier molecular flexibility index (Phi) is 5.29. The summed E-state index contributed by atoms with van der Waals surface area (Å²) >= 11 is 0. The van der Waals surface area contributed by atoms with Gasteiger partial charge >= 0.3 is 0 Å². The van der Waals surface area contributed by atoms with Gasteiger partial charge in [-0.1, -0.05) is 30.3 Å². The maximum Gasteiger partial charge on any atom is 0.227 e. The minimum Gasteiger partial charge on any atom is -0.492 e. The molecule has 3 aromatic rings. The summed E-state index contributed by atoms with van der Waals surface area (Å²) in [6.45, 7) is 2.90. The van der Waals surface area contributed by atoms with Gasteiger partial charge in [0.15, 0.2) is 0 Å². The monoisotopic (exact) mass is 390 g/mol. The van der Waals surface area contributed by atoms with E-state index < -0.39 is 0 Å². The number of benzene rings is 2. The number of amides is 2. The van der Waals surface area contributed by atoms with E-state index >= 15 is 0 Å². The Morgan fingerprint density at radius 1 is 1.21 bits per heavy atom. The lowest BCUT2D eigenvalue weighted by Gasteiger charge is -2.26. The molecule has 0 unspecified atom stereocenters. The van der Waals surface area contributed by atoms with Crippen LogP contribution in [-0.2, 0) is 22.6 Å². The van der Waals surface area contributed by atoms with Gasteiger partial charge in [-0.3, -0.25) is 14.7 Å². The SMILES string of the molecule is CC(=O)Nc1cccc(-c2n[nH]c3c2CC(=O)N(CCOc2ccccc2)C3)c1. The fourth-order valence-electron chi connectivity index (χ4n) is 3.44. The van der Waals surface area contributed by atoms with Crippen LogP contribution in [0.4, 0.5) is 5.69 Å². The van der Waals surface area contributed by atoms with Crippen LogP contribution in [0.5, 0.6) is 5.75 Å². The highest BCUT2D eigenvalue weighted by molar-refractivity contribution is 5.90. The standard InChI is InChI=1S/C22H22N4O3/c1-15(27)23-17-7-5-6-16(12-17)22-19-13-21(28)26(14-20(19)24-25-22)10-11-29-18-8-3-2-4-9-18/h2-9,12H,10-11,13-14H2,1H3,(H,23,27)(H,24,25). The Labute approximate surface area is 168 Å². The summed E-state index contributed by atoms with van der Waals surface area (Å²) in [5, 5.41) is 10.3. The summed E-state index contributed by atoms with van der Waals surface area (Å²) in [7, 11) is 0. The Morgan fingerprint density at radius 3 is 2.83 bits per heavy atom. The summed E-state index contributed by atoms with van der Waals surface area (Å²) in [5.41, 5.74) is 4.16. The van der Waals surface area contributed by atoms with Gasteiger partial charge in [-0.15, -0.1) is 0 Å². The molecule has 0 bridgehead atoms. The van der Waals surface area contributed by atoms with E-state index in [1.165, 1.54) is 6.92 Å². The highest BCUT2D eigenvalue weighted by atomic mass is 16.5. The van der Waals surface area contributed by atoms with Gasteiger partial charge in [0.05, 0.1) is 30.9 Å². The number of fused-ring (bicyclic) bond motifs is 1. The lowest BCUT2D eigenvalue weighted by atomic mass is 9.99. The molecule has 29 heavy (non-hydrogen) atoms. The molecule has 1 aromatic heterocycles. The Bertz CT molecular complexity index is 1030. The van der Waals surface area contributed by atoms with E-state index in [9.17, 15) is 9.59 Å². The van der Waals surface area contributed by atoms with Crippen molar-refractivity contribution in [3.63, 3.8) is 0 Å². The number of aromatic amines is 1. The van der Waals surface area contributed by atoms with Crippen LogP contribution in [0.1, 0.15) is 18.2 Å². The summed E-state index contributed by atoms with van der Waals surface area (Å²) < 4.78 is 5.71. The molecular weight excluding hydrogens is 368 g/mol. The number of hydrogen-bond donors (Lipinski definition) is 2. The van der Waals surface area contributed by atoms with E-state index in [0.29, 0.717) is 25.4 Å². The molecule has 1 aliphatic heterocycles. The molecule has 148 valence electrons. The van der Waals surface area contributed by atoms with Crippen molar-refractivity contribution in [3.8, 4) is 17.0 Å². The van der Waals surface area contributed by atoms with Gasteiger partial charge in [0, 0.05) is 23.7 Å². The van der Waals surface area contributed by atoms with Crippen molar-refractivity contribution < 1.29 is 14.3 Å². The highest BCUT2D eigenvalue weighted by Crippen LogP contribution is 2.30. The number of hydrogen-bond acceptors (Lipinski definition) is 4. The predicted molar refractivity (Wildman–Crippen MR) is 109 cm³/mol. The number of aromatic nitrogens is 2. The second-order valence-electron chi connectivity index (χ2n) is 6.94. The van der Waals surface area contributed by atoms with Gasteiger partial charge in [0.1, 0.15) is 12.4 Å². The molecule has 2 amide bonds. The predicted octanol–water partition coefficient (Wildman–Crippen LogP) is 3.00. The number of carbonyl (C=O) groups is 2. The van der Waals surface area contributed by atoms with E-state index in [0.717, 1.165) is 28.3 Å².